The standard InChI is InChI=1S/C15H28N2O2/c1-10(2)9-11(16)14(19)17-8-6-7-12(17)13(18)15(3,4)5/h10-12H,6-9,16H2,1-5H3. The molecular formula is C15H28N2O2. The topological polar surface area (TPSA) is 63.4 Å². The van der Waals surface area contributed by atoms with Crippen molar-refractivity contribution < 1.29 is 9.59 Å². The van der Waals surface area contributed by atoms with E-state index in [1.165, 1.54) is 0 Å². The zero-order chi connectivity index (χ0) is 14.8. The second-order valence-corrected chi connectivity index (χ2v) is 7.04. The molecule has 1 fully saturated rings. The van der Waals surface area contributed by atoms with Gasteiger partial charge < -0.3 is 10.6 Å². The molecule has 4 nitrogen and oxygen atoms in total. The molecule has 0 bridgehead atoms. The van der Waals surface area contributed by atoms with Gasteiger partial charge in [-0.1, -0.05) is 34.6 Å². The summed E-state index contributed by atoms with van der Waals surface area (Å²) in [5.74, 6) is 0.474. The molecule has 0 aromatic rings. The number of carbonyl (C=O) groups is 2. The van der Waals surface area contributed by atoms with Crippen molar-refractivity contribution in [1.29, 1.82) is 0 Å². The molecule has 110 valence electrons. The monoisotopic (exact) mass is 268 g/mol. The normalized spacial score (nSPS) is 21.8. The van der Waals surface area contributed by atoms with Crippen molar-refractivity contribution >= 4 is 11.7 Å². The van der Waals surface area contributed by atoms with Crippen LogP contribution in [0.2, 0.25) is 0 Å². The van der Waals surface area contributed by atoms with Gasteiger partial charge in [-0.05, 0) is 25.2 Å². The molecule has 1 aliphatic rings. The van der Waals surface area contributed by atoms with Gasteiger partial charge in [-0.25, -0.2) is 0 Å². The van der Waals surface area contributed by atoms with Gasteiger partial charge in [0.15, 0.2) is 5.78 Å². The SMILES string of the molecule is CC(C)CC(N)C(=O)N1CCCC1C(=O)C(C)(C)C. The van der Waals surface area contributed by atoms with Gasteiger partial charge >= 0.3 is 0 Å². The van der Waals surface area contributed by atoms with Crippen LogP contribution in [0.1, 0.15) is 53.9 Å². The highest BCUT2D eigenvalue weighted by molar-refractivity contribution is 5.94. The summed E-state index contributed by atoms with van der Waals surface area (Å²) in [7, 11) is 0. The number of rotatable bonds is 4. The van der Waals surface area contributed by atoms with E-state index in [-0.39, 0.29) is 17.7 Å². The van der Waals surface area contributed by atoms with Gasteiger partial charge in [0, 0.05) is 12.0 Å². The zero-order valence-corrected chi connectivity index (χ0v) is 12.9. The van der Waals surface area contributed by atoms with Crippen LogP contribution >= 0.6 is 0 Å². The molecule has 1 amide bonds. The fourth-order valence-corrected chi connectivity index (χ4v) is 2.62. The Morgan fingerprint density at radius 2 is 1.89 bits per heavy atom. The van der Waals surface area contributed by atoms with Crippen LogP contribution in [0.3, 0.4) is 0 Å². The van der Waals surface area contributed by atoms with Crippen molar-refractivity contribution in [3.8, 4) is 0 Å². The number of ketones is 1. The molecule has 1 heterocycles. The van der Waals surface area contributed by atoms with Gasteiger partial charge in [0.1, 0.15) is 0 Å². The third-order valence-corrected chi connectivity index (χ3v) is 3.62. The average molecular weight is 268 g/mol. The van der Waals surface area contributed by atoms with E-state index < -0.39 is 11.5 Å². The van der Waals surface area contributed by atoms with Gasteiger partial charge in [0.05, 0.1) is 12.1 Å². The number of Topliss-reactive ketones (excluding diaryl/α,β-unsaturated/α-hetero) is 1. The minimum atomic E-state index is -0.478. The molecule has 0 aliphatic carbocycles. The fourth-order valence-electron chi connectivity index (χ4n) is 2.62. The van der Waals surface area contributed by atoms with Crippen LogP contribution in [0.15, 0.2) is 0 Å². The number of nitrogens with zero attached hydrogens (tertiary/aromatic N) is 1. The fraction of sp³-hybridized carbons (Fsp3) is 0.867. The molecule has 4 heteroatoms. The zero-order valence-electron chi connectivity index (χ0n) is 12.9. The van der Waals surface area contributed by atoms with Gasteiger partial charge in [-0.2, -0.15) is 0 Å². The second-order valence-electron chi connectivity index (χ2n) is 7.04. The number of hydrogen-bond donors (Lipinski definition) is 1. The third-order valence-electron chi connectivity index (χ3n) is 3.62. The first-order valence-electron chi connectivity index (χ1n) is 7.25. The summed E-state index contributed by atoms with van der Waals surface area (Å²) in [5.41, 5.74) is 5.56. The molecule has 2 atom stereocenters. The molecule has 0 spiro atoms. The van der Waals surface area contributed by atoms with E-state index in [1.807, 2.05) is 20.8 Å². The first-order chi connectivity index (χ1) is 8.64. The molecule has 0 saturated carbocycles. The first-order valence-corrected chi connectivity index (χ1v) is 7.25. The van der Waals surface area contributed by atoms with Crippen molar-refractivity contribution in [3.63, 3.8) is 0 Å². The van der Waals surface area contributed by atoms with Crippen molar-refractivity contribution in [2.24, 2.45) is 17.1 Å². The minimum absolute atomic E-state index is 0.0613. The van der Waals surface area contributed by atoms with Gasteiger partial charge in [0.25, 0.3) is 0 Å². The lowest BCUT2D eigenvalue weighted by Crippen LogP contribution is -2.50. The molecule has 0 aromatic carbocycles. The van der Waals surface area contributed by atoms with Crippen LogP contribution in [0.5, 0.6) is 0 Å². The summed E-state index contributed by atoms with van der Waals surface area (Å²) in [5, 5.41) is 0. The van der Waals surface area contributed by atoms with Crippen LogP contribution in [0, 0.1) is 11.3 Å². The van der Waals surface area contributed by atoms with E-state index in [9.17, 15) is 9.59 Å². The Kier molecular flexibility index (Phi) is 5.13. The minimum Gasteiger partial charge on any atom is -0.331 e. The molecule has 2 N–H and O–H groups in total. The highest BCUT2D eigenvalue weighted by Gasteiger charge is 2.40. The number of likely N-dealkylation sites (tertiary alicyclic amines) is 1. The van der Waals surface area contributed by atoms with Crippen molar-refractivity contribution in [3.05, 3.63) is 0 Å². The van der Waals surface area contributed by atoms with Gasteiger partial charge in [-0.3, -0.25) is 9.59 Å². The van der Waals surface area contributed by atoms with E-state index in [0.717, 1.165) is 12.8 Å². The van der Waals surface area contributed by atoms with Crippen molar-refractivity contribution in [2.75, 3.05) is 6.54 Å². The highest BCUT2D eigenvalue weighted by atomic mass is 16.2. The quantitative estimate of drug-likeness (QED) is 0.848. The Morgan fingerprint density at radius 1 is 1.32 bits per heavy atom. The maximum absolute atomic E-state index is 12.4. The maximum atomic E-state index is 12.4. The number of carbonyl (C=O) groups excluding carboxylic acids is 2. The number of hydrogen-bond acceptors (Lipinski definition) is 3. The summed E-state index contributed by atoms with van der Waals surface area (Å²) < 4.78 is 0. The Balaban J connectivity index is 2.76. The largest absolute Gasteiger partial charge is 0.331 e. The predicted octanol–water partition coefficient (Wildman–Crippen LogP) is 1.97. The lowest BCUT2D eigenvalue weighted by Gasteiger charge is -2.31. The summed E-state index contributed by atoms with van der Waals surface area (Å²) in [6.45, 7) is 10.5. The van der Waals surface area contributed by atoms with Crippen molar-refractivity contribution in [1.82, 2.24) is 4.90 Å². The van der Waals surface area contributed by atoms with Crippen molar-refractivity contribution in [2.45, 2.75) is 66.0 Å². The van der Waals surface area contributed by atoms with Crippen LogP contribution in [-0.4, -0.2) is 35.2 Å². The van der Waals surface area contributed by atoms with E-state index in [2.05, 4.69) is 13.8 Å². The number of nitrogens with two attached hydrogens (primary N) is 1. The second kappa shape index (κ2) is 6.04. The third kappa shape index (κ3) is 4.03. The summed E-state index contributed by atoms with van der Waals surface area (Å²) in [6.07, 6.45) is 2.34. The average Bonchev–Trinajstić information content (AvgIpc) is 2.73. The van der Waals surface area contributed by atoms with E-state index in [1.54, 1.807) is 4.90 Å². The van der Waals surface area contributed by atoms with Gasteiger partial charge in [-0.15, -0.1) is 0 Å². The smallest absolute Gasteiger partial charge is 0.240 e. The van der Waals surface area contributed by atoms with E-state index >= 15 is 0 Å². The van der Waals surface area contributed by atoms with Crippen LogP contribution in [0.25, 0.3) is 0 Å². The lowest BCUT2D eigenvalue weighted by molar-refractivity contribution is -0.141. The molecule has 1 aliphatic heterocycles. The molecule has 19 heavy (non-hydrogen) atoms. The maximum Gasteiger partial charge on any atom is 0.240 e. The van der Waals surface area contributed by atoms with Gasteiger partial charge in [0.2, 0.25) is 5.91 Å². The molecular weight excluding hydrogens is 240 g/mol. The Hall–Kier alpha value is -0.900. The Bertz CT molecular complexity index is 345. The van der Waals surface area contributed by atoms with Crippen LogP contribution < -0.4 is 5.73 Å². The van der Waals surface area contributed by atoms with E-state index in [0.29, 0.717) is 18.9 Å². The molecule has 1 rings (SSSR count). The first kappa shape index (κ1) is 16.2. The lowest BCUT2D eigenvalue weighted by atomic mass is 9.85. The molecule has 1 saturated heterocycles. The van der Waals surface area contributed by atoms with E-state index in [4.69, 9.17) is 5.73 Å². The van der Waals surface area contributed by atoms with Crippen LogP contribution in [-0.2, 0) is 9.59 Å². The molecule has 0 aromatic heterocycles. The molecule has 0 radical (unpaired) electrons. The Labute approximate surface area is 116 Å². The summed E-state index contributed by atoms with van der Waals surface area (Å²) in [6, 6.07) is -0.751. The summed E-state index contributed by atoms with van der Waals surface area (Å²) in [4.78, 5) is 26.5. The predicted molar refractivity (Wildman–Crippen MR) is 76.6 cm³/mol. The summed E-state index contributed by atoms with van der Waals surface area (Å²) >= 11 is 0. The highest BCUT2D eigenvalue weighted by Crippen LogP contribution is 2.27. The number of amides is 1. The Morgan fingerprint density at radius 3 is 2.37 bits per heavy atom. The van der Waals surface area contributed by atoms with Crippen LogP contribution in [0.4, 0.5) is 0 Å². The molecule has 2 unspecified atom stereocenters.